The Labute approximate surface area is 138 Å². The van der Waals surface area contributed by atoms with Crippen molar-refractivity contribution < 1.29 is 14.0 Å². The fraction of sp³-hybridized carbons (Fsp3) is 0.111. The van der Waals surface area contributed by atoms with E-state index in [2.05, 4.69) is 10.9 Å². The van der Waals surface area contributed by atoms with Gasteiger partial charge in [0.05, 0.1) is 5.56 Å². The normalized spacial score (nSPS) is 10.6. The van der Waals surface area contributed by atoms with E-state index in [9.17, 15) is 14.0 Å². The number of hydrazine groups is 1. The Hall–Kier alpha value is -3.15. The first-order valence-electron chi connectivity index (χ1n) is 7.45. The first kappa shape index (κ1) is 15.7. The molecule has 0 aliphatic carbocycles. The number of hydrogen-bond donors (Lipinski definition) is 2. The minimum atomic E-state index is -0.699. The Bertz CT molecular complexity index is 918. The van der Waals surface area contributed by atoms with Crippen molar-refractivity contribution in [1.29, 1.82) is 0 Å². The van der Waals surface area contributed by atoms with Gasteiger partial charge in [0.15, 0.2) is 0 Å². The fourth-order valence-electron chi connectivity index (χ4n) is 2.58. The van der Waals surface area contributed by atoms with E-state index in [1.807, 2.05) is 41.8 Å². The van der Waals surface area contributed by atoms with Gasteiger partial charge in [-0.2, -0.15) is 0 Å². The number of hydrogen-bond acceptors (Lipinski definition) is 2. The van der Waals surface area contributed by atoms with Gasteiger partial charge in [-0.3, -0.25) is 20.4 Å². The molecule has 24 heavy (non-hydrogen) atoms. The first-order chi connectivity index (χ1) is 11.6. The third-order valence-electron chi connectivity index (χ3n) is 3.75. The van der Waals surface area contributed by atoms with E-state index in [1.54, 1.807) is 6.07 Å². The van der Waals surface area contributed by atoms with Crippen LogP contribution in [0, 0.1) is 12.7 Å². The number of amides is 2. The lowest BCUT2D eigenvalue weighted by Gasteiger charge is -2.10. The molecular weight excluding hydrogens is 309 g/mol. The molecule has 122 valence electrons. The standard InChI is InChI=1S/C18H16FN3O2/c1-12-10-13-6-2-5-9-16(13)22(12)11-17(23)20-21-18(24)14-7-3-4-8-15(14)19/h2-10H,11H2,1H3,(H,20,23)(H,21,24). The number of aryl methyl sites for hydroxylation is 1. The summed E-state index contributed by atoms with van der Waals surface area (Å²) >= 11 is 0. The van der Waals surface area contributed by atoms with Crippen molar-refractivity contribution in [1.82, 2.24) is 15.4 Å². The van der Waals surface area contributed by atoms with Gasteiger partial charge in [-0.1, -0.05) is 30.3 Å². The summed E-state index contributed by atoms with van der Waals surface area (Å²) < 4.78 is 15.4. The van der Waals surface area contributed by atoms with Crippen LogP contribution in [0.2, 0.25) is 0 Å². The molecule has 0 unspecified atom stereocenters. The smallest absolute Gasteiger partial charge is 0.272 e. The molecule has 3 aromatic rings. The summed E-state index contributed by atoms with van der Waals surface area (Å²) in [4.78, 5) is 24.0. The van der Waals surface area contributed by atoms with Crippen LogP contribution >= 0.6 is 0 Å². The predicted molar refractivity (Wildman–Crippen MR) is 88.7 cm³/mol. The van der Waals surface area contributed by atoms with Crippen LogP contribution in [0.1, 0.15) is 16.1 Å². The summed E-state index contributed by atoms with van der Waals surface area (Å²) in [6.07, 6.45) is 0. The molecule has 3 rings (SSSR count). The molecule has 0 atom stereocenters. The molecule has 2 aromatic carbocycles. The molecule has 6 heteroatoms. The SMILES string of the molecule is Cc1cc2ccccc2n1CC(=O)NNC(=O)c1ccccc1F. The average molecular weight is 325 g/mol. The van der Waals surface area contributed by atoms with Gasteiger partial charge in [0.1, 0.15) is 12.4 Å². The zero-order valence-electron chi connectivity index (χ0n) is 13.0. The summed E-state index contributed by atoms with van der Waals surface area (Å²) in [7, 11) is 0. The summed E-state index contributed by atoms with van der Waals surface area (Å²) in [6.45, 7) is 1.96. The highest BCUT2D eigenvalue weighted by Gasteiger charge is 2.13. The van der Waals surface area contributed by atoms with Crippen molar-refractivity contribution in [3.05, 3.63) is 71.7 Å². The molecule has 2 N–H and O–H groups in total. The van der Waals surface area contributed by atoms with Gasteiger partial charge in [0.2, 0.25) is 0 Å². The zero-order valence-corrected chi connectivity index (χ0v) is 13.0. The number of fused-ring (bicyclic) bond motifs is 1. The third-order valence-corrected chi connectivity index (χ3v) is 3.75. The van der Waals surface area contributed by atoms with Gasteiger partial charge >= 0.3 is 0 Å². The van der Waals surface area contributed by atoms with E-state index in [-0.39, 0.29) is 12.1 Å². The van der Waals surface area contributed by atoms with Crippen LogP contribution in [-0.4, -0.2) is 16.4 Å². The number of halogens is 1. The second kappa shape index (κ2) is 6.54. The molecule has 0 saturated carbocycles. The monoisotopic (exact) mass is 325 g/mol. The number of para-hydroxylation sites is 1. The molecule has 0 radical (unpaired) electrons. The van der Waals surface area contributed by atoms with Crippen LogP contribution in [-0.2, 0) is 11.3 Å². The van der Waals surface area contributed by atoms with Gasteiger partial charge in [0, 0.05) is 11.2 Å². The van der Waals surface area contributed by atoms with Gasteiger partial charge in [-0.05, 0) is 36.6 Å². The molecule has 0 aliphatic rings. The fourth-order valence-corrected chi connectivity index (χ4v) is 2.58. The van der Waals surface area contributed by atoms with Crippen molar-refractivity contribution >= 4 is 22.7 Å². The van der Waals surface area contributed by atoms with E-state index in [0.29, 0.717) is 0 Å². The topological polar surface area (TPSA) is 63.1 Å². The molecule has 0 fully saturated rings. The van der Waals surface area contributed by atoms with E-state index in [4.69, 9.17) is 0 Å². The Balaban J connectivity index is 1.67. The average Bonchev–Trinajstić information content (AvgIpc) is 2.89. The lowest BCUT2D eigenvalue weighted by Crippen LogP contribution is -2.43. The quantitative estimate of drug-likeness (QED) is 0.727. The number of carbonyl (C=O) groups excluding carboxylic acids is 2. The van der Waals surface area contributed by atoms with Crippen molar-refractivity contribution in [3.63, 3.8) is 0 Å². The number of nitrogens with zero attached hydrogens (tertiary/aromatic N) is 1. The maximum absolute atomic E-state index is 13.5. The van der Waals surface area contributed by atoms with Crippen molar-refractivity contribution in [2.24, 2.45) is 0 Å². The summed E-state index contributed by atoms with van der Waals surface area (Å²) in [5.74, 6) is -1.74. The summed E-state index contributed by atoms with van der Waals surface area (Å²) in [6, 6.07) is 15.3. The number of benzene rings is 2. The van der Waals surface area contributed by atoms with Crippen LogP contribution in [0.4, 0.5) is 4.39 Å². The Morgan fingerprint density at radius 2 is 1.75 bits per heavy atom. The lowest BCUT2D eigenvalue weighted by molar-refractivity contribution is -0.122. The first-order valence-corrected chi connectivity index (χ1v) is 7.45. The molecule has 0 spiro atoms. The number of carbonyl (C=O) groups is 2. The summed E-state index contributed by atoms with van der Waals surface area (Å²) in [5, 5.41) is 1.04. The molecule has 5 nitrogen and oxygen atoms in total. The highest BCUT2D eigenvalue weighted by molar-refractivity contribution is 5.95. The highest BCUT2D eigenvalue weighted by Crippen LogP contribution is 2.18. The lowest BCUT2D eigenvalue weighted by atomic mass is 10.2. The minimum Gasteiger partial charge on any atom is -0.335 e. The predicted octanol–water partition coefficient (Wildman–Crippen LogP) is 2.55. The number of aromatic nitrogens is 1. The zero-order chi connectivity index (χ0) is 17.1. The molecule has 2 amide bonds. The largest absolute Gasteiger partial charge is 0.335 e. The van der Waals surface area contributed by atoms with Gasteiger partial charge in [0.25, 0.3) is 11.8 Å². The molecule has 0 aliphatic heterocycles. The van der Waals surface area contributed by atoms with E-state index in [0.717, 1.165) is 16.6 Å². The Kier molecular flexibility index (Phi) is 4.29. The highest BCUT2D eigenvalue weighted by atomic mass is 19.1. The van der Waals surface area contributed by atoms with E-state index in [1.165, 1.54) is 18.2 Å². The van der Waals surface area contributed by atoms with Crippen LogP contribution in [0.3, 0.4) is 0 Å². The Morgan fingerprint density at radius 1 is 1.04 bits per heavy atom. The summed E-state index contributed by atoms with van der Waals surface area (Å²) in [5.41, 5.74) is 6.29. The van der Waals surface area contributed by atoms with Crippen LogP contribution in [0.15, 0.2) is 54.6 Å². The maximum Gasteiger partial charge on any atom is 0.272 e. The van der Waals surface area contributed by atoms with Crippen LogP contribution < -0.4 is 10.9 Å². The van der Waals surface area contributed by atoms with Crippen molar-refractivity contribution in [3.8, 4) is 0 Å². The number of rotatable bonds is 3. The Morgan fingerprint density at radius 3 is 2.54 bits per heavy atom. The van der Waals surface area contributed by atoms with Crippen LogP contribution in [0.5, 0.6) is 0 Å². The second-order valence-corrected chi connectivity index (χ2v) is 5.41. The van der Waals surface area contributed by atoms with Crippen molar-refractivity contribution in [2.45, 2.75) is 13.5 Å². The molecule has 0 saturated heterocycles. The molecule has 1 aromatic heterocycles. The molecule has 1 heterocycles. The molecule has 0 bridgehead atoms. The van der Waals surface area contributed by atoms with Gasteiger partial charge in [-0.15, -0.1) is 0 Å². The van der Waals surface area contributed by atoms with Gasteiger partial charge < -0.3 is 4.57 Å². The van der Waals surface area contributed by atoms with E-state index >= 15 is 0 Å². The number of nitrogens with one attached hydrogen (secondary N) is 2. The second-order valence-electron chi connectivity index (χ2n) is 5.41. The van der Waals surface area contributed by atoms with Crippen LogP contribution in [0.25, 0.3) is 10.9 Å². The third kappa shape index (κ3) is 3.12. The van der Waals surface area contributed by atoms with Gasteiger partial charge in [-0.25, -0.2) is 4.39 Å². The van der Waals surface area contributed by atoms with Crippen molar-refractivity contribution in [2.75, 3.05) is 0 Å². The minimum absolute atomic E-state index is 0.0525. The molecular formula is C18H16FN3O2. The van der Waals surface area contributed by atoms with E-state index < -0.39 is 17.6 Å². The maximum atomic E-state index is 13.5.